The highest BCUT2D eigenvalue weighted by atomic mass is 16.6. The van der Waals surface area contributed by atoms with E-state index in [9.17, 15) is 14.4 Å². The van der Waals surface area contributed by atoms with Crippen molar-refractivity contribution in [2.75, 3.05) is 13.2 Å². The summed E-state index contributed by atoms with van der Waals surface area (Å²) < 4.78 is 16.7. The smallest absolute Gasteiger partial charge is 0.306 e. The van der Waals surface area contributed by atoms with Crippen molar-refractivity contribution in [3.63, 3.8) is 0 Å². The number of rotatable bonds is 42. The molecule has 6 heteroatoms. The van der Waals surface area contributed by atoms with Crippen molar-refractivity contribution in [2.24, 2.45) is 0 Å². The number of hydrogen-bond donors (Lipinski definition) is 0. The van der Waals surface area contributed by atoms with E-state index in [-0.39, 0.29) is 31.6 Å². The van der Waals surface area contributed by atoms with E-state index in [4.69, 9.17) is 14.2 Å². The summed E-state index contributed by atoms with van der Waals surface area (Å²) in [6.07, 6.45) is 70.2. The molecule has 0 aromatic rings. The quantitative estimate of drug-likeness (QED) is 0.0200. The van der Waals surface area contributed by atoms with E-state index >= 15 is 0 Å². The van der Waals surface area contributed by atoms with Crippen LogP contribution in [-0.2, 0) is 28.6 Å². The van der Waals surface area contributed by atoms with Gasteiger partial charge in [-0.05, 0) is 83.5 Å². The zero-order chi connectivity index (χ0) is 45.8. The number of esters is 3. The van der Waals surface area contributed by atoms with Gasteiger partial charge in [-0.2, -0.15) is 0 Å². The Kier molecular flexibility index (Phi) is 46.7. The molecule has 63 heavy (non-hydrogen) atoms. The Hall–Kier alpha value is -4.45. The first kappa shape index (κ1) is 58.6. The number of unbranched alkanes of at least 4 members (excludes halogenated alkanes) is 15. The minimum Gasteiger partial charge on any atom is -0.462 e. The molecule has 0 spiro atoms. The van der Waals surface area contributed by atoms with Crippen LogP contribution >= 0.6 is 0 Å². The molecular weight excluding hydrogens is 781 g/mol. The molecule has 0 aromatic carbocycles. The fraction of sp³-hybridized carbons (Fsp3) is 0.561. The number of allylic oxidation sites excluding steroid dienone is 22. The lowest BCUT2D eigenvalue weighted by Crippen LogP contribution is -2.30. The van der Waals surface area contributed by atoms with Gasteiger partial charge in [0.1, 0.15) is 13.2 Å². The SMILES string of the molecule is CC\C=C/C=C\C=C/C=C\C=C/CCCC(=O)OC(COC(=O)CCCCCCC\C=C/C=C\C=C/CC)COC(=O)CCCCCCCCCCC/C=C\C/C=C\C/C=C\CC. The van der Waals surface area contributed by atoms with Crippen LogP contribution in [0.1, 0.15) is 188 Å². The summed E-state index contributed by atoms with van der Waals surface area (Å²) in [6.45, 7) is 6.14. The molecule has 0 saturated heterocycles. The molecule has 352 valence electrons. The topological polar surface area (TPSA) is 78.9 Å². The normalized spacial score (nSPS) is 13.3. The molecule has 0 saturated carbocycles. The average Bonchev–Trinajstić information content (AvgIpc) is 3.28. The number of carbonyl (C=O) groups is 3. The highest BCUT2D eigenvalue weighted by Crippen LogP contribution is 2.13. The molecular formula is C57H88O6. The first-order chi connectivity index (χ1) is 31.0. The fourth-order valence-electron chi connectivity index (χ4n) is 6.19. The van der Waals surface area contributed by atoms with Gasteiger partial charge in [0.05, 0.1) is 0 Å². The van der Waals surface area contributed by atoms with Gasteiger partial charge in [-0.3, -0.25) is 14.4 Å². The van der Waals surface area contributed by atoms with Crippen molar-refractivity contribution < 1.29 is 28.6 Å². The second-order valence-electron chi connectivity index (χ2n) is 15.8. The Morgan fingerprint density at radius 3 is 1.13 bits per heavy atom. The van der Waals surface area contributed by atoms with Crippen molar-refractivity contribution in [2.45, 2.75) is 194 Å². The third kappa shape index (κ3) is 48.4. The maximum atomic E-state index is 12.7. The highest BCUT2D eigenvalue weighted by molar-refractivity contribution is 5.71. The van der Waals surface area contributed by atoms with Crippen LogP contribution in [-0.4, -0.2) is 37.2 Å². The van der Waals surface area contributed by atoms with E-state index in [1.165, 1.54) is 38.5 Å². The third-order valence-electron chi connectivity index (χ3n) is 9.82. The van der Waals surface area contributed by atoms with E-state index in [0.29, 0.717) is 19.3 Å². The van der Waals surface area contributed by atoms with E-state index in [2.05, 4.69) is 93.7 Å². The second-order valence-corrected chi connectivity index (χ2v) is 15.8. The summed E-state index contributed by atoms with van der Waals surface area (Å²) in [5, 5.41) is 0. The Morgan fingerprint density at radius 1 is 0.333 bits per heavy atom. The van der Waals surface area contributed by atoms with Gasteiger partial charge in [0.25, 0.3) is 0 Å². The molecule has 0 fully saturated rings. The van der Waals surface area contributed by atoms with Crippen LogP contribution in [0.4, 0.5) is 0 Å². The van der Waals surface area contributed by atoms with E-state index in [1.54, 1.807) is 0 Å². The largest absolute Gasteiger partial charge is 0.462 e. The summed E-state index contributed by atoms with van der Waals surface area (Å²) in [6, 6.07) is 0. The molecule has 0 N–H and O–H groups in total. The van der Waals surface area contributed by atoms with Gasteiger partial charge in [0.2, 0.25) is 0 Å². The first-order valence-electron chi connectivity index (χ1n) is 24.8. The number of carbonyl (C=O) groups excluding carboxylic acids is 3. The van der Waals surface area contributed by atoms with Gasteiger partial charge in [-0.1, -0.05) is 219 Å². The van der Waals surface area contributed by atoms with Gasteiger partial charge in [-0.15, -0.1) is 0 Å². The van der Waals surface area contributed by atoms with Crippen LogP contribution in [0, 0.1) is 0 Å². The first-order valence-corrected chi connectivity index (χ1v) is 24.8. The monoisotopic (exact) mass is 869 g/mol. The molecule has 0 rings (SSSR count). The van der Waals surface area contributed by atoms with Crippen molar-refractivity contribution in [1.29, 1.82) is 0 Å². The minimum atomic E-state index is -0.830. The summed E-state index contributed by atoms with van der Waals surface area (Å²) in [4.78, 5) is 37.9. The number of ether oxygens (including phenoxy) is 3. The van der Waals surface area contributed by atoms with Crippen LogP contribution in [0.25, 0.3) is 0 Å². The molecule has 0 aliphatic heterocycles. The van der Waals surface area contributed by atoms with Crippen LogP contribution in [0.3, 0.4) is 0 Å². The maximum Gasteiger partial charge on any atom is 0.306 e. The predicted molar refractivity (Wildman–Crippen MR) is 269 cm³/mol. The van der Waals surface area contributed by atoms with Crippen LogP contribution < -0.4 is 0 Å². The van der Waals surface area contributed by atoms with E-state index < -0.39 is 12.1 Å². The lowest BCUT2D eigenvalue weighted by atomic mass is 10.1. The Balaban J connectivity index is 4.50. The van der Waals surface area contributed by atoms with Crippen molar-refractivity contribution in [3.05, 3.63) is 134 Å². The van der Waals surface area contributed by atoms with Crippen LogP contribution in [0.5, 0.6) is 0 Å². The molecule has 1 unspecified atom stereocenters. The maximum absolute atomic E-state index is 12.7. The van der Waals surface area contributed by atoms with Crippen molar-refractivity contribution >= 4 is 17.9 Å². The molecule has 0 aliphatic rings. The fourth-order valence-corrected chi connectivity index (χ4v) is 6.19. The van der Waals surface area contributed by atoms with Crippen molar-refractivity contribution in [1.82, 2.24) is 0 Å². The van der Waals surface area contributed by atoms with Crippen LogP contribution in [0.2, 0.25) is 0 Å². The molecule has 0 aliphatic carbocycles. The lowest BCUT2D eigenvalue weighted by Gasteiger charge is -2.18. The molecule has 0 aromatic heterocycles. The highest BCUT2D eigenvalue weighted by Gasteiger charge is 2.19. The van der Waals surface area contributed by atoms with Crippen LogP contribution in [0.15, 0.2) is 134 Å². The molecule has 0 amide bonds. The zero-order valence-electron chi connectivity index (χ0n) is 40.0. The summed E-state index contributed by atoms with van der Waals surface area (Å²) in [7, 11) is 0. The summed E-state index contributed by atoms with van der Waals surface area (Å²) in [5.74, 6) is -1.03. The van der Waals surface area contributed by atoms with Crippen molar-refractivity contribution in [3.8, 4) is 0 Å². The zero-order valence-corrected chi connectivity index (χ0v) is 40.0. The number of hydrogen-bond acceptors (Lipinski definition) is 6. The summed E-state index contributed by atoms with van der Waals surface area (Å²) in [5.41, 5.74) is 0. The Bertz CT molecular complexity index is 1420. The molecule has 0 bridgehead atoms. The predicted octanol–water partition coefficient (Wildman–Crippen LogP) is 16.3. The van der Waals surface area contributed by atoms with Gasteiger partial charge in [-0.25, -0.2) is 0 Å². The van der Waals surface area contributed by atoms with E-state index in [0.717, 1.165) is 103 Å². The van der Waals surface area contributed by atoms with Gasteiger partial charge in [0.15, 0.2) is 6.10 Å². The van der Waals surface area contributed by atoms with E-state index in [1.807, 2.05) is 60.8 Å². The average molecular weight is 869 g/mol. The van der Waals surface area contributed by atoms with Gasteiger partial charge < -0.3 is 14.2 Å². The third-order valence-corrected chi connectivity index (χ3v) is 9.82. The molecule has 6 nitrogen and oxygen atoms in total. The van der Waals surface area contributed by atoms with Gasteiger partial charge >= 0.3 is 17.9 Å². The van der Waals surface area contributed by atoms with Gasteiger partial charge in [0, 0.05) is 19.3 Å². The second kappa shape index (κ2) is 50.2. The molecule has 0 heterocycles. The Labute approximate surface area is 385 Å². The molecule has 0 radical (unpaired) electrons. The standard InChI is InChI=1S/C57H88O6/c1-4-7-10-13-16-19-22-25-26-27-28-29-30-33-35-38-41-44-47-50-56(59)62-53-54(63-57(60)51-48-45-42-39-36-32-24-21-18-15-12-9-6-3)52-61-55(58)49-46-43-40-37-34-31-23-20-17-14-11-8-5-2/h7-12,14-21,23-26,32,36,39,42,54H,4-6,13,22,27-31,33-35,37-38,40-41,43-53H2,1-3H3/b10-7-,11-8-,12-9-,17-14-,18-15-,19-16-,23-20-,24-21-,26-25-,36-32-,42-39-. The minimum absolute atomic E-state index is 0.121. The summed E-state index contributed by atoms with van der Waals surface area (Å²) >= 11 is 0. The lowest BCUT2D eigenvalue weighted by molar-refractivity contribution is -0.167. The molecule has 1 atom stereocenters. The Morgan fingerprint density at radius 2 is 0.667 bits per heavy atom.